The predicted molar refractivity (Wildman–Crippen MR) is 83.6 cm³/mol. The van der Waals surface area contributed by atoms with Crippen LogP contribution in [0.1, 0.15) is 31.7 Å². The number of nitrogens with zero attached hydrogens (tertiary/aromatic N) is 1. The normalized spacial score (nSPS) is 23.9. The third kappa shape index (κ3) is 4.89. The molecule has 2 atom stereocenters. The molecule has 0 aliphatic carbocycles. The molecule has 0 radical (unpaired) electrons. The molecule has 1 fully saturated rings. The number of aliphatic hydroxyl groups is 1. The SMILES string of the molecule is CCCN1CC(CCO)CC(NCc2ccccc2)C1. The predicted octanol–water partition coefficient (Wildman–Crippen LogP) is 2.26. The van der Waals surface area contributed by atoms with Gasteiger partial charge in [-0.3, -0.25) is 0 Å². The van der Waals surface area contributed by atoms with Crippen LogP contribution in [0.5, 0.6) is 0 Å². The first-order chi connectivity index (χ1) is 9.81. The molecule has 1 heterocycles. The highest BCUT2D eigenvalue weighted by atomic mass is 16.3. The lowest BCUT2D eigenvalue weighted by Crippen LogP contribution is -2.49. The van der Waals surface area contributed by atoms with Gasteiger partial charge in [-0.2, -0.15) is 0 Å². The highest BCUT2D eigenvalue weighted by Crippen LogP contribution is 2.20. The monoisotopic (exact) mass is 276 g/mol. The van der Waals surface area contributed by atoms with Crippen molar-refractivity contribution in [2.75, 3.05) is 26.2 Å². The van der Waals surface area contributed by atoms with Crippen LogP contribution in [0.4, 0.5) is 0 Å². The van der Waals surface area contributed by atoms with Gasteiger partial charge in [0.2, 0.25) is 0 Å². The van der Waals surface area contributed by atoms with E-state index in [1.165, 1.54) is 24.9 Å². The maximum absolute atomic E-state index is 9.19. The van der Waals surface area contributed by atoms with Gasteiger partial charge in [0.15, 0.2) is 0 Å². The summed E-state index contributed by atoms with van der Waals surface area (Å²) in [7, 11) is 0. The van der Waals surface area contributed by atoms with Crippen LogP contribution < -0.4 is 5.32 Å². The van der Waals surface area contributed by atoms with Crippen molar-refractivity contribution in [2.24, 2.45) is 5.92 Å². The van der Waals surface area contributed by atoms with Gasteiger partial charge in [0, 0.05) is 32.3 Å². The number of piperidine rings is 1. The van der Waals surface area contributed by atoms with Gasteiger partial charge in [-0.05, 0) is 37.3 Å². The smallest absolute Gasteiger partial charge is 0.0434 e. The van der Waals surface area contributed by atoms with E-state index in [1.54, 1.807) is 0 Å². The molecule has 0 spiro atoms. The number of aliphatic hydroxyl groups excluding tert-OH is 1. The van der Waals surface area contributed by atoms with Gasteiger partial charge in [-0.1, -0.05) is 37.3 Å². The van der Waals surface area contributed by atoms with Gasteiger partial charge in [0.05, 0.1) is 0 Å². The van der Waals surface area contributed by atoms with Crippen molar-refractivity contribution in [2.45, 2.75) is 38.8 Å². The second-order valence-electron chi connectivity index (χ2n) is 5.94. The fraction of sp³-hybridized carbons (Fsp3) is 0.647. The van der Waals surface area contributed by atoms with Gasteiger partial charge in [-0.25, -0.2) is 0 Å². The van der Waals surface area contributed by atoms with Gasteiger partial charge >= 0.3 is 0 Å². The Kier molecular flexibility index (Phi) is 6.51. The molecule has 0 bridgehead atoms. The summed E-state index contributed by atoms with van der Waals surface area (Å²) in [6, 6.07) is 11.1. The molecule has 2 N–H and O–H groups in total. The van der Waals surface area contributed by atoms with Crippen LogP contribution in [0.2, 0.25) is 0 Å². The summed E-state index contributed by atoms with van der Waals surface area (Å²) < 4.78 is 0. The second-order valence-corrected chi connectivity index (χ2v) is 5.94. The van der Waals surface area contributed by atoms with Crippen molar-refractivity contribution in [3.05, 3.63) is 35.9 Å². The average Bonchev–Trinajstić information content (AvgIpc) is 2.47. The number of likely N-dealkylation sites (tertiary alicyclic amines) is 1. The minimum Gasteiger partial charge on any atom is -0.396 e. The van der Waals surface area contributed by atoms with Gasteiger partial charge < -0.3 is 15.3 Å². The molecule has 20 heavy (non-hydrogen) atoms. The molecule has 0 amide bonds. The van der Waals surface area contributed by atoms with Crippen LogP contribution in [0.25, 0.3) is 0 Å². The van der Waals surface area contributed by atoms with Crippen molar-refractivity contribution >= 4 is 0 Å². The summed E-state index contributed by atoms with van der Waals surface area (Å²) in [5, 5.41) is 12.9. The largest absolute Gasteiger partial charge is 0.396 e. The summed E-state index contributed by atoms with van der Waals surface area (Å²) in [4.78, 5) is 2.55. The molecule has 2 unspecified atom stereocenters. The molecule has 0 saturated carbocycles. The van der Waals surface area contributed by atoms with Crippen LogP contribution in [-0.4, -0.2) is 42.3 Å². The zero-order valence-corrected chi connectivity index (χ0v) is 12.6. The first-order valence-corrected chi connectivity index (χ1v) is 7.92. The van der Waals surface area contributed by atoms with Crippen LogP contribution in [0.3, 0.4) is 0 Å². The summed E-state index contributed by atoms with van der Waals surface area (Å²) in [6.07, 6.45) is 3.33. The minimum absolute atomic E-state index is 0.316. The third-order valence-corrected chi connectivity index (χ3v) is 4.13. The Morgan fingerprint density at radius 1 is 1.25 bits per heavy atom. The van der Waals surface area contributed by atoms with E-state index in [0.717, 1.165) is 26.1 Å². The van der Waals surface area contributed by atoms with Gasteiger partial charge in [-0.15, -0.1) is 0 Å². The molecule has 0 aromatic heterocycles. The van der Waals surface area contributed by atoms with Gasteiger partial charge in [0.25, 0.3) is 0 Å². The van der Waals surface area contributed by atoms with Crippen LogP contribution in [-0.2, 0) is 6.54 Å². The molecule has 1 aromatic rings. The number of hydrogen-bond donors (Lipinski definition) is 2. The van der Waals surface area contributed by atoms with Crippen LogP contribution in [0, 0.1) is 5.92 Å². The Morgan fingerprint density at radius 2 is 2.05 bits per heavy atom. The molecular formula is C17H28N2O. The van der Waals surface area contributed by atoms with Crippen molar-refractivity contribution < 1.29 is 5.11 Å². The lowest BCUT2D eigenvalue weighted by atomic mass is 9.91. The first kappa shape index (κ1) is 15.5. The molecular weight excluding hydrogens is 248 g/mol. The fourth-order valence-electron chi connectivity index (χ4n) is 3.20. The second kappa shape index (κ2) is 8.40. The molecule has 112 valence electrons. The van der Waals surface area contributed by atoms with Crippen molar-refractivity contribution in [3.63, 3.8) is 0 Å². The van der Waals surface area contributed by atoms with Crippen molar-refractivity contribution in [1.82, 2.24) is 10.2 Å². The number of nitrogens with one attached hydrogen (secondary N) is 1. The zero-order chi connectivity index (χ0) is 14.2. The van der Waals surface area contributed by atoms with E-state index in [-0.39, 0.29) is 0 Å². The maximum atomic E-state index is 9.19. The van der Waals surface area contributed by atoms with Gasteiger partial charge in [0.1, 0.15) is 0 Å². The molecule has 3 nitrogen and oxygen atoms in total. The maximum Gasteiger partial charge on any atom is 0.0434 e. The van der Waals surface area contributed by atoms with E-state index >= 15 is 0 Å². The third-order valence-electron chi connectivity index (χ3n) is 4.13. The van der Waals surface area contributed by atoms with Crippen molar-refractivity contribution in [3.8, 4) is 0 Å². The Labute approximate surface area is 123 Å². The Morgan fingerprint density at radius 3 is 2.75 bits per heavy atom. The topological polar surface area (TPSA) is 35.5 Å². The molecule has 1 aliphatic rings. The molecule has 1 saturated heterocycles. The summed E-state index contributed by atoms with van der Waals surface area (Å²) in [5.41, 5.74) is 1.35. The highest BCUT2D eigenvalue weighted by Gasteiger charge is 2.25. The quantitative estimate of drug-likeness (QED) is 0.802. The fourth-order valence-corrected chi connectivity index (χ4v) is 3.20. The van der Waals surface area contributed by atoms with E-state index in [2.05, 4.69) is 47.5 Å². The molecule has 1 aliphatic heterocycles. The minimum atomic E-state index is 0.316. The van der Waals surface area contributed by atoms with Crippen molar-refractivity contribution in [1.29, 1.82) is 0 Å². The first-order valence-electron chi connectivity index (χ1n) is 7.92. The zero-order valence-electron chi connectivity index (χ0n) is 12.6. The van der Waals surface area contributed by atoms with E-state index in [1.807, 2.05) is 0 Å². The summed E-state index contributed by atoms with van der Waals surface area (Å²) in [6.45, 7) is 6.96. The Hall–Kier alpha value is -0.900. The highest BCUT2D eigenvalue weighted by molar-refractivity contribution is 5.14. The standard InChI is InChI=1S/C17H28N2O/c1-2-9-19-13-16(8-10-20)11-17(14-19)18-12-15-6-4-3-5-7-15/h3-7,16-18,20H,2,8-14H2,1H3. The lowest BCUT2D eigenvalue weighted by molar-refractivity contribution is 0.120. The number of benzene rings is 1. The number of rotatable bonds is 7. The molecule has 3 heteroatoms. The lowest BCUT2D eigenvalue weighted by Gasteiger charge is -2.38. The summed E-state index contributed by atoms with van der Waals surface area (Å²) in [5.74, 6) is 0.633. The molecule has 1 aromatic carbocycles. The average molecular weight is 276 g/mol. The number of hydrogen-bond acceptors (Lipinski definition) is 3. The van der Waals surface area contributed by atoms with Crippen LogP contribution >= 0.6 is 0 Å². The van der Waals surface area contributed by atoms with E-state index in [0.29, 0.717) is 18.6 Å². The Balaban J connectivity index is 1.85. The molecule has 2 rings (SSSR count). The Bertz CT molecular complexity index is 355. The van der Waals surface area contributed by atoms with E-state index in [9.17, 15) is 5.11 Å². The van der Waals surface area contributed by atoms with Crippen LogP contribution in [0.15, 0.2) is 30.3 Å². The van der Waals surface area contributed by atoms with E-state index in [4.69, 9.17) is 0 Å². The van der Waals surface area contributed by atoms with E-state index < -0.39 is 0 Å². The summed E-state index contributed by atoms with van der Waals surface area (Å²) >= 11 is 0.